The smallest absolute Gasteiger partial charge is 0.256 e. The Bertz CT molecular complexity index is 6710. The number of aromatic nitrogens is 7. The van der Waals surface area contributed by atoms with Gasteiger partial charge in [0.1, 0.15) is 42.0 Å². The molecule has 29 nitrogen and oxygen atoms in total. The summed E-state index contributed by atoms with van der Waals surface area (Å²) in [7, 11) is 1.76. The van der Waals surface area contributed by atoms with Crippen LogP contribution in [0.5, 0.6) is 0 Å². The molecule has 0 radical (unpaired) electrons. The van der Waals surface area contributed by atoms with Crippen LogP contribution in [-0.2, 0) is 69.3 Å². The number of aryl methyl sites for hydroxylation is 1. The Morgan fingerprint density at radius 3 is 1.73 bits per heavy atom. The molecule has 0 spiro atoms. The topological polar surface area (TPSA) is 313 Å². The van der Waals surface area contributed by atoms with Crippen LogP contribution >= 0.6 is 71.0 Å². The number of carbonyl (C=O) groups is 10. The quantitative estimate of drug-likeness (QED) is 0.0459. The molecule has 0 aliphatic carbocycles. The Kier molecular flexibility index (Phi) is 29.7. The van der Waals surface area contributed by atoms with E-state index in [1.807, 2.05) is 166 Å². The van der Waals surface area contributed by atoms with E-state index in [9.17, 15) is 47.9 Å². The van der Waals surface area contributed by atoms with Crippen LogP contribution in [0.3, 0.4) is 0 Å². The normalized spacial score (nSPS) is 16.2. The van der Waals surface area contributed by atoms with Crippen molar-refractivity contribution in [2.75, 3.05) is 104 Å². The maximum absolute atomic E-state index is 13.9. The number of carbonyl (C=O) groups excluding carboxylic acids is 10. The van der Waals surface area contributed by atoms with Gasteiger partial charge in [0, 0.05) is 207 Å². The first-order valence-corrected chi connectivity index (χ1v) is 47.1. The molecule has 5 aromatic carbocycles. The fourth-order valence-corrected chi connectivity index (χ4v) is 20.2. The first kappa shape index (κ1) is 96.0. The summed E-state index contributed by atoms with van der Waals surface area (Å²) in [4.78, 5) is 149. The number of hydrogen-bond donors (Lipinski definition) is 1. The van der Waals surface area contributed by atoms with E-state index in [1.54, 1.807) is 62.3 Å². The number of amides is 8. The number of anilines is 1. The zero-order chi connectivity index (χ0) is 95.4. The lowest BCUT2D eigenvalue weighted by Crippen LogP contribution is -2.61. The number of benzene rings is 5. The number of halogens is 5. The molecule has 6 saturated heterocycles. The molecule has 0 bridgehead atoms. The van der Waals surface area contributed by atoms with Gasteiger partial charge in [0.2, 0.25) is 35.4 Å². The van der Waals surface area contributed by atoms with Crippen molar-refractivity contribution in [3.63, 3.8) is 0 Å². The number of pyridine rings is 2. The molecule has 6 aliphatic heterocycles. The van der Waals surface area contributed by atoms with Gasteiger partial charge in [-0.3, -0.25) is 47.9 Å². The van der Waals surface area contributed by atoms with E-state index in [-0.39, 0.29) is 121 Å². The number of nitriles is 1. The van der Waals surface area contributed by atoms with Crippen molar-refractivity contribution in [1.29, 1.82) is 5.26 Å². The van der Waals surface area contributed by atoms with Gasteiger partial charge in [0.25, 0.3) is 11.8 Å². The standard InChI is InChI=1S/C29H30BrN7O3.C26H32BrN3O4.C26H22ClN3O3.C19H16BrClN4O2/c1-4-26(38)36-16-22(17-36)33(3)27(39)18-37-19(2)28(23-13-21(30)6-7-24(23)37)29(40)35-11-9-34(10-12-35)25-8-5-20(14-31)15-32-25;1-6-23(32)28-10-19(11-28)8-21(31)12-29-18(5)24(22-9-20(27)7-15(2)25(22)29)26(33)30-16(3)13-34-14-17(30)4;1-2-26(32)30-12-17(13-30)9-20(31)14-29-15-23(19-11-28-33-16-19)22-8-7-18(10-25(22)29)21-5-3-4-6-24(21)27;1-2-18(27)24-8-12(9-24)22-17(26)10-25-15-5-3-11(20)7-14(15)13-4-6-16(21)23-19(13)25/h4-8,13,15,22H,1,9-12,16-18H2,2-3H3;6-7,9,16-17,19H,1,8,10-14H2,2-5H3;2-8,10-11,15-17H,1,9,12-14H2;2-7,12H,1,8-10H2,(H,22,26). The van der Waals surface area contributed by atoms with Crippen molar-refractivity contribution in [2.45, 2.75) is 97.8 Å². The molecule has 6 aliphatic rings. The number of Topliss-reactive ketones (excluding diaryl/α,β-unsaturated/α-hetero) is 2. The third-order valence-corrected chi connectivity index (χ3v) is 27.6. The molecule has 12 aromatic rings. The van der Waals surface area contributed by atoms with Gasteiger partial charge < -0.3 is 72.0 Å². The second kappa shape index (κ2) is 41.5. The monoisotopic (exact) mass is 2040 g/mol. The maximum Gasteiger partial charge on any atom is 0.256 e. The number of ketones is 2. The first-order valence-electron chi connectivity index (χ1n) is 44.0. The summed E-state index contributed by atoms with van der Waals surface area (Å²) in [6, 6.07) is 38.7. The number of nitrogens with zero attached hydrogens (tertiary/aromatic N) is 16. The lowest BCUT2D eigenvalue weighted by atomic mass is 9.94. The van der Waals surface area contributed by atoms with Gasteiger partial charge in [-0.25, -0.2) is 9.97 Å². The van der Waals surface area contributed by atoms with Crippen LogP contribution in [0.2, 0.25) is 10.2 Å². The molecule has 134 heavy (non-hydrogen) atoms. The average Bonchev–Trinajstić information content (AvgIpc) is 1.58. The lowest BCUT2D eigenvalue weighted by Gasteiger charge is -2.43. The number of ether oxygens (including phenoxy) is 1. The molecular weight excluding hydrogens is 1940 g/mol. The van der Waals surface area contributed by atoms with Crippen molar-refractivity contribution in [2.24, 2.45) is 11.8 Å². The molecule has 7 aromatic heterocycles. The van der Waals surface area contributed by atoms with Crippen LogP contribution in [-0.4, -0.2) is 249 Å². The Morgan fingerprint density at radius 2 is 1.13 bits per heavy atom. The number of rotatable bonds is 23. The third kappa shape index (κ3) is 20.5. The number of nitrogens with one attached hydrogen (secondary N) is 1. The zero-order valence-corrected chi connectivity index (χ0v) is 81.2. The molecule has 13 heterocycles. The highest BCUT2D eigenvalue weighted by Crippen LogP contribution is 2.40. The summed E-state index contributed by atoms with van der Waals surface area (Å²) in [5, 5.41) is 21.5. The summed E-state index contributed by atoms with van der Waals surface area (Å²) in [5.41, 5.74) is 12.3. The van der Waals surface area contributed by atoms with Crippen LogP contribution in [0, 0.1) is 43.9 Å². The minimum Gasteiger partial charge on any atom is -0.377 e. The van der Waals surface area contributed by atoms with Gasteiger partial charge in [0.15, 0.2) is 11.6 Å². The Hall–Kier alpha value is -12.6. The van der Waals surface area contributed by atoms with Crippen molar-refractivity contribution in [3.8, 4) is 28.3 Å². The lowest BCUT2D eigenvalue weighted by molar-refractivity contribution is -0.142. The molecule has 2 unspecified atom stereocenters. The molecular formula is C100H100Br3Cl2N17O12. The minimum absolute atomic E-state index is 0.0212. The molecule has 18 rings (SSSR count). The van der Waals surface area contributed by atoms with E-state index in [2.05, 4.69) is 112 Å². The van der Waals surface area contributed by atoms with E-state index >= 15 is 0 Å². The number of fused-ring (bicyclic) bond motifs is 6. The number of piperazine rings is 1. The van der Waals surface area contributed by atoms with Gasteiger partial charge in [-0.15, -0.1) is 0 Å². The number of likely N-dealkylation sites (N-methyl/N-ethyl adjacent to an activating group) is 1. The highest BCUT2D eigenvalue weighted by atomic mass is 79.9. The summed E-state index contributed by atoms with van der Waals surface area (Å²) in [6.45, 7) is 32.2. The largest absolute Gasteiger partial charge is 0.377 e. The average molecular weight is 2040 g/mol. The summed E-state index contributed by atoms with van der Waals surface area (Å²) in [5.74, 6) is 0.658. The zero-order valence-electron chi connectivity index (χ0n) is 75.0. The Labute approximate surface area is 809 Å². The van der Waals surface area contributed by atoms with E-state index in [1.165, 1.54) is 24.3 Å². The van der Waals surface area contributed by atoms with Crippen molar-refractivity contribution in [3.05, 3.63) is 248 Å². The van der Waals surface area contributed by atoms with E-state index in [4.69, 9.17) is 37.7 Å². The maximum atomic E-state index is 13.9. The van der Waals surface area contributed by atoms with E-state index in [0.717, 1.165) is 107 Å². The second-order valence-electron chi connectivity index (χ2n) is 34.6. The van der Waals surface area contributed by atoms with E-state index < -0.39 is 0 Å². The molecule has 34 heteroatoms. The van der Waals surface area contributed by atoms with Crippen LogP contribution in [0.1, 0.15) is 69.9 Å². The van der Waals surface area contributed by atoms with Crippen molar-refractivity contribution in [1.82, 2.24) is 73.0 Å². The molecule has 1 N–H and O–H groups in total. The molecule has 2 atom stereocenters. The van der Waals surface area contributed by atoms with Gasteiger partial charge in [-0.1, -0.05) is 133 Å². The van der Waals surface area contributed by atoms with Gasteiger partial charge >= 0.3 is 0 Å². The SMILES string of the molecule is C=CC(=O)N1CC(CC(=O)Cn2c(C)c(C(=O)N3C(C)COCC3C)c3cc(Br)cc(C)c32)C1.C=CC(=O)N1CC(CC(=O)Cn2cc(-c3cnoc3)c3ccc(-c4ccccc4Cl)cc32)C1.C=CC(=O)N1CC(N(C)C(=O)Cn2c(C)c(C(=O)N3CCN(c4ccc(C#N)cn4)CC3)c3cc(Br)ccc32)C1.C=CC(=O)N1CC(NC(=O)Cn2c3ccc(Br)cc3c3ccc(Cl)nc32)C1. The van der Waals surface area contributed by atoms with Gasteiger partial charge in [-0.2, -0.15) is 5.26 Å². The van der Waals surface area contributed by atoms with Crippen LogP contribution in [0.15, 0.2) is 209 Å². The summed E-state index contributed by atoms with van der Waals surface area (Å²) >= 11 is 23.1. The third-order valence-electron chi connectivity index (χ3n) is 25.6. The van der Waals surface area contributed by atoms with Crippen LogP contribution < -0.4 is 10.2 Å². The minimum atomic E-state index is -0.132. The molecule has 692 valence electrons. The fourth-order valence-electron chi connectivity index (χ4n) is 18.5. The van der Waals surface area contributed by atoms with Crippen molar-refractivity contribution < 1.29 is 57.2 Å². The molecule has 8 amide bonds. The van der Waals surface area contributed by atoms with Crippen molar-refractivity contribution >= 4 is 190 Å². The Balaban J connectivity index is 0.000000137. The van der Waals surface area contributed by atoms with Gasteiger partial charge in [0.05, 0.1) is 84.4 Å². The summed E-state index contributed by atoms with van der Waals surface area (Å²) < 4.78 is 21.1. The number of hydrogen-bond acceptors (Lipinski definition) is 17. The summed E-state index contributed by atoms with van der Waals surface area (Å²) in [6.07, 6.45) is 12.8. The Morgan fingerprint density at radius 1 is 0.560 bits per heavy atom. The predicted octanol–water partition coefficient (Wildman–Crippen LogP) is 15.0. The number of morpholine rings is 1. The van der Waals surface area contributed by atoms with Crippen LogP contribution in [0.25, 0.3) is 76.9 Å². The number of likely N-dealkylation sites (tertiary alicyclic amines) is 4. The first-order chi connectivity index (χ1) is 64.3. The highest BCUT2D eigenvalue weighted by molar-refractivity contribution is 9.11. The molecule has 6 fully saturated rings. The highest BCUT2D eigenvalue weighted by Gasteiger charge is 2.40. The fraction of sp³-hybridized carbons (Fsp3) is 0.320. The molecule has 0 saturated carbocycles. The van der Waals surface area contributed by atoms with Gasteiger partial charge in [-0.05, 0) is 155 Å². The van der Waals surface area contributed by atoms with E-state index in [0.29, 0.717) is 137 Å². The predicted molar refractivity (Wildman–Crippen MR) is 526 cm³/mol. The second-order valence-corrected chi connectivity index (χ2v) is 38.1. The van der Waals surface area contributed by atoms with Crippen LogP contribution in [0.4, 0.5) is 5.82 Å².